The van der Waals surface area contributed by atoms with Gasteiger partial charge in [-0.15, -0.1) is 0 Å². The molecule has 0 spiro atoms. The summed E-state index contributed by atoms with van der Waals surface area (Å²) >= 11 is 6.81. The van der Waals surface area contributed by atoms with E-state index in [9.17, 15) is 13.2 Å². The van der Waals surface area contributed by atoms with E-state index in [2.05, 4.69) is 42.4 Å². The number of methoxy groups -OCH3 is 1. The van der Waals surface area contributed by atoms with Gasteiger partial charge in [0.15, 0.2) is 11.5 Å². The highest BCUT2D eigenvalue weighted by Crippen LogP contribution is 2.37. The smallest absolute Gasteiger partial charge is 0.260 e. The maximum Gasteiger partial charge on any atom is 0.260 e. The van der Waals surface area contributed by atoms with Crippen molar-refractivity contribution in [1.29, 1.82) is 0 Å². The summed E-state index contributed by atoms with van der Waals surface area (Å²) in [4.78, 5) is 12.4. The molecular weight excluding hydrogens is 614 g/mol. The molecule has 0 bridgehead atoms. The number of rotatable bonds is 10. The van der Waals surface area contributed by atoms with Crippen molar-refractivity contribution in [3.63, 3.8) is 0 Å². The topological polar surface area (TPSA) is 97.3 Å². The molecule has 0 fully saturated rings. The molecule has 0 aromatic heterocycles. The fourth-order valence-electron chi connectivity index (χ4n) is 3.17. The van der Waals surface area contributed by atoms with E-state index in [1.807, 2.05) is 31.2 Å². The van der Waals surface area contributed by atoms with Gasteiger partial charge in [0.05, 0.1) is 29.7 Å². The van der Waals surface area contributed by atoms with E-state index in [-0.39, 0.29) is 0 Å². The molecule has 0 aliphatic rings. The Morgan fingerprint density at radius 2 is 1.83 bits per heavy atom. The molecule has 3 rings (SSSR count). The van der Waals surface area contributed by atoms with Gasteiger partial charge < -0.3 is 9.47 Å². The van der Waals surface area contributed by atoms with Gasteiger partial charge in [0.1, 0.15) is 13.2 Å². The maximum absolute atomic E-state index is 12.4. The van der Waals surface area contributed by atoms with Crippen molar-refractivity contribution in [3.8, 4) is 11.5 Å². The third kappa shape index (κ3) is 7.81. The Morgan fingerprint density at radius 3 is 2.47 bits per heavy atom. The molecule has 36 heavy (non-hydrogen) atoms. The number of hydrogen-bond donors (Lipinski definition) is 1. The number of nitrogens with zero attached hydrogens (tertiary/aromatic N) is 2. The van der Waals surface area contributed by atoms with E-state index in [1.165, 1.54) is 18.9 Å². The molecule has 0 saturated heterocycles. The van der Waals surface area contributed by atoms with Gasteiger partial charge in [0.25, 0.3) is 5.91 Å². The Labute approximate surface area is 227 Å². The Balaban J connectivity index is 1.67. The zero-order valence-corrected chi connectivity index (χ0v) is 23.9. The van der Waals surface area contributed by atoms with Crippen LogP contribution in [0.2, 0.25) is 0 Å². The summed E-state index contributed by atoms with van der Waals surface area (Å²) < 4.78 is 38.2. The highest BCUT2D eigenvalue weighted by Gasteiger charge is 2.21. The van der Waals surface area contributed by atoms with Gasteiger partial charge in [-0.1, -0.05) is 51.8 Å². The number of anilines is 1. The number of ether oxygens (including phenoxy) is 2. The molecule has 0 radical (unpaired) electrons. The lowest BCUT2D eigenvalue weighted by Gasteiger charge is -2.21. The summed E-state index contributed by atoms with van der Waals surface area (Å²) in [5.74, 6) is 0.431. The van der Waals surface area contributed by atoms with Crippen LogP contribution in [-0.2, 0) is 21.4 Å². The molecule has 0 aliphatic carbocycles. The van der Waals surface area contributed by atoms with Crippen LogP contribution in [0.15, 0.2) is 74.7 Å². The third-order valence-corrected chi connectivity index (χ3v) is 7.17. The Morgan fingerprint density at radius 1 is 1.11 bits per heavy atom. The normalized spacial score (nSPS) is 11.4. The van der Waals surface area contributed by atoms with Crippen LogP contribution in [0.25, 0.3) is 0 Å². The summed E-state index contributed by atoms with van der Waals surface area (Å²) in [6.07, 6.45) is 2.47. The zero-order chi connectivity index (χ0) is 26.3. The summed E-state index contributed by atoms with van der Waals surface area (Å²) in [5, 5.41) is 3.96. The van der Waals surface area contributed by atoms with E-state index >= 15 is 0 Å². The first-order valence-electron chi connectivity index (χ1n) is 10.7. The highest BCUT2D eigenvalue weighted by atomic mass is 79.9. The first-order valence-corrected chi connectivity index (χ1v) is 14.1. The number of carbonyl (C=O) groups excluding carboxylic acids is 1. The molecule has 0 atom stereocenters. The minimum atomic E-state index is -3.69. The number of amides is 1. The monoisotopic (exact) mass is 637 g/mol. The van der Waals surface area contributed by atoms with Gasteiger partial charge in [-0.25, -0.2) is 13.8 Å². The molecule has 0 aliphatic heterocycles. The van der Waals surface area contributed by atoms with Crippen LogP contribution in [0, 0.1) is 6.92 Å². The molecule has 3 aromatic rings. The number of halogens is 2. The second-order valence-corrected chi connectivity index (χ2v) is 11.5. The number of nitrogens with one attached hydrogen (secondary N) is 1. The Kier molecular flexibility index (Phi) is 9.52. The lowest BCUT2D eigenvalue weighted by molar-refractivity contribution is -0.119. The quantitative estimate of drug-likeness (QED) is 0.248. The minimum Gasteiger partial charge on any atom is -0.493 e. The van der Waals surface area contributed by atoms with Crippen LogP contribution in [0.4, 0.5) is 5.69 Å². The Bertz CT molecular complexity index is 1360. The summed E-state index contributed by atoms with van der Waals surface area (Å²) in [5.41, 5.74) is 5.55. The average Bonchev–Trinajstić information content (AvgIpc) is 2.82. The zero-order valence-electron chi connectivity index (χ0n) is 19.9. The molecule has 190 valence electrons. The fraction of sp³-hybridized carbons (Fsp3) is 0.200. The van der Waals surface area contributed by atoms with Crippen molar-refractivity contribution < 1.29 is 22.7 Å². The number of benzene rings is 3. The number of hydrogen-bond acceptors (Lipinski definition) is 6. The summed E-state index contributed by atoms with van der Waals surface area (Å²) in [6.45, 7) is 1.97. The van der Waals surface area contributed by atoms with Crippen molar-refractivity contribution in [2.75, 3.05) is 24.2 Å². The van der Waals surface area contributed by atoms with Gasteiger partial charge in [-0.3, -0.25) is 9.10 Å². The summed E-state index contributed by atoms with van der Waals surface area (Å²) in [7, 11) is -2.16. The van der Waals surface area contributed by atoms with Gasteiger partial charge in [-0.05, 0) is 64.3 Å². The maximum atomic E-state index is 12.4. The van der Waals surface area contributed by atoms with Crippen LogP contribution < -0.4 is 19.2 Å². The van der Waals surface area contributed by atoms with Crippen molar-refractivity contribution in [3.05, 3.63) is 86.3 Å². The minimum absolute atomic E-state index is 0.362. The first-order chi connectivity index (χ1) is 17.1. The molecule has 1 amide bonds. The molecule has 0 saturated carbocycles. The first kappa shape index (κ1) is 27.7. The fourth-order valence-corrected chi connectivity index (χ4v) is 4.98. The lowest BCUT2D eigenvalue weighted by Crippen LogP contribution is -2.39. The van der Waals surface area contributed by atoms with Crippen LogP contribution >= 0.6 is 31.9 Å². The van der Waals surface area contributed by atoms with Crippen LogP contribution in [-0.4, -0.2) is 40.4 Å². The van der Waals surface area contributed by atoms with Crippen molar-refractivity contribution in [2.24, 2.45) is 5.10 Å². The van der Waals surface area contributed by atoms with Gasteiger partial charge in [0.2, 0.25) is 10.0 Å². The highest BCUT2D eigenvalue weighted by molar-refractivity contribution is 9.10. The largest absolute Gasteiger partial charge is 0.493 e. The molecule has 11 heteroatoms. The lowest BCUT2D eigenvalue weighted by atomic mass is 10.2. The van der Waals surface area contributed by atoms with E-state index in [4.69, 9.17) is 9.47 Å². The van der Waals surface area contributed by atoms with Crippen LogP contribution in [0.3, 0.4) is 0 Å². The van der Waals surface area contributed by atoms with Crippen LogP contribution in [0.5, 0.6) is 11.5 Å². The van der Waals surface area contributed by atoms with E-state index in [0.717, 1.165) is 16.1 Å². The molecule has 0 heterocycles. The molecule has 0 unspecified atom stereocenters. The number of carbonyl (C=O) groups is 1. The molecule has 3 aromatic carbocycles. The van der Waals surface area contributed by atoms with Crippen molar-refractivity contribution in [2.45, 2.75) is 13.5 Å². The van der Waals surface area contributed by atoms with Crippen molar-refractivity contribution in [1.82, 2.24) is 5.43 Å². The predicted molar refractivity (Wildman–Crippen MR) is 148 cm³/mol. The second kappa shape index (κ2) is 12.4. The van der Waals surface area contributed by atoms with E-state index in [0.29, 0.717) is 38.3 Å². The van der Waals surface area contributed by atoms with Gasteiger partial charge >= 0.3 is 0 Å². The van der Waals surface area contributed by atoms with Gasteiger partial charge in [-0.2, -0.15) is 5.10 Å². The van der Waals surface area contributed by atoms with E-state index in [1.54, 1.807) is 36.4 Å². The molecular formula is C25H25Br2N3O5S. The van der Waals surface area contributed by atoms with E-state index < -0.39 is 22.5 Å². The number of aryl methyl sites for hydroxylation is 1. The summed E-state index contributed by atoms with van der Waals surface area (Å²) in [6, 6.07) is 18.2. The molecule has 8 nitrogen and oxygen atoms in total. The van der Waals surface area contributed by atoms with Crippen LogP contribution in [0.1, 0.15) is 16.7 Å². The SMILES string of the molecule is COc1cc(/C=N\NC(=O)CN(c2cccc(Br)c2)S(C)(=O)=O)cc(Br)c1OCc1ccc(C)cc1. The predicted octanol–water partition coefficient (Wildman–Crippen LogP) is 5.02. The number of hydrazone groups is 1. The third-order valence-electron chi connectivity index (χ3n) is 4.94. The Hall–Kier alpha value is -2.89. The van der Waals surface area contributed by atoms with Crippen molar-refractivity contribution >= 4 is 59.7 Å². The second-order valence-electron chi connectivity index (χ2n) is 7.85. The molecule has 1 N–H and O–H groups in total. The average molecular weight is 639 g/mol. The number of sulfonamides is 1. The standard InChI is InChI=1S/C25H25Br2N3O5S/c1-17-7-9-18(10-8-17)16-35-25-22(27)11-19(12-23(25)34-2)14-28-29-24(31)15-30(36(3,32)33)21-6-4-5-20(26)13-21/h4-14H,15-16H2,1-3H3,(H,29,31)/b28-14-. The van der Waals surface area contributed by atoms with Gasteiger partial charge in [0, 0.05) is 4.47 Å².